The maximum atomic E-state index is 11.7. The summed E-state index contributed by atoms with van der Waals surface area (Å²) in [6.45, 7) is 12.1. The minimum atomic E-state index is -0.535. The van der Waals surface area contributed by atoms with Gasteiger partial charge in [0.05, 0.1) is 0 Å². The lowest BCUT2D eigenvalue weighted by Crippen LogP contribution is -2.42. The van der Waals surface area contributed by atoms with Crippen LogP contribution < -0.4 is 0 Å². The Morgan fingerprint density at radius 1 is 0.810 bits per heavy atom. The smallest absolute Gasteiger partial charge is 0.230 e. The molecule has 0 radical (unpaired) electrons. The topological polar surface area (TPSA) is 77.8 Å². The lowest BCUT2D eigenvalue weighted by atomic mass is 9.59. The van der Waals surface area contributed by atoms with E-state index in [1.54, 1.807) is 0 Å². The fourth-order valence-corrected chi connectivity index (χ4v) is 4.03. The zero-order valence-electron chi connectivity index (χ0n) is 13.1. The average Bonchev–Trinajstić information content (AvgIpc) is 2.41. The molecule has 4 nitrogen and oxygen atoms in total. The molecule has 0 aromatic heterocycles. The summed E-state index contributed by atoms with van der Waals surface area (Å²) in [5, 5.41) is 31.2. The van der Waals surface area contributed by atoms with Crippen LogP contribution in [0, 0.1) is 5.41 Å². The predicted octanol–water partition coefficient (Wildman–Crippen LogP) is 3.97. The molecule has 1 aromatic rings. The van der Waals surface area contributed by atoms with Crippen LogP contribution in [0.3, 0.4) is 0 Å². The second-order valence-corrected chi connectivity index (χ2v) is 8.30. The van der Waals surface area contributed by atoms with Crippen molar-refractivity contribution in [2.75, 3.05) is 0 Å². The van der Waals surface area contributed by atoms with Gasteiger partial charge < -0.3 is 15.3 Å². The van der Waals surface area contributed by atoms with E-state index in [0.717, 1.165) is 0 Å². The van der Waals surface area contributed by atoms with Crippen molar-refractivity contribution in [3.63, 3.8) is 0 Å². The maximum absolute atomic E-state index is 11.7. The van der Waals surface area contributed by atoms with Gasteiger partial charge in [-0.1, -0.05) is 41.5 Å². The summed E-state index contributed by atoms with van der Waals surface area (Å²) >= 11 is 1.50. The van der Waals surface area contributed by atoms with Crippen LogP contribution in [0.2, 0.25) is 0 Å². The van der Waals surface area contributed by atoms with E-state index in [4.69, 9.17) is 0 Å². The number of carbonyl (C=O) groups is 1. The van der Waals surface area contributed by atoms with E-state index in [9.17, 15) is 20.1 Å². The Labute approximate surface area is 138 Å². The number of rotatable bonds is 1. The molecule has 0 unspecified atom stereocenters. The van der Waals surface area contributed by atoms with Crippen molar-refractivity contribution >= 4 is 26.4 Å². The summed E-state index contributed by atoms with van der Waals surface area (Å²) in [6.07, 6.45) is 0. The van der Waals surface area contributed by atoms with Crippen molar-refractivity contribution in [1.29, 1.82) is 0 Å². The molecule has 0 spiro atoms. The van der Waals surface area contributed by atoms with Crippen molar-refractivity contribution in [2.45, 2.75) is 52.4 Å². The summed E-state index contributed by atoms with van der Waals surface area (Å²) in [7, 11) is 0. The number of phenolic OH excluding ortho intramolecular Hbond substituents is 3. The normalized spacial score (nSPS) is 21.1. The monoisotopic (exact) mass is 404 g/mol. The first kappa shape index (κ1) is 16.4. The van der Waals surface area contributed by atoms with Crippen LogP contribution >= 0.6 is 22.6 Å². The van der Waals surface area contributed by atoms with Gasteiger partial charge in [0.1, 0.15) is 11.3 Å². The van der Waals surface area contributed by atoms with Crippen LogP contribution in [-0.2, 0) is 10.8 Å². The molecule has 0 aliphatic heterocycles. The number of aromatic hydroxyl groups is 3. The molecule has 0 bridgehead atoms. The molecule has 0 amide bonds. The zero-order chi connectivity index (χ0) is 16.5. The highest BCUT2D eigenvalue weighted by atomic mass is 127. The molecule has 0 fully saturated rings. The molecule has 0 atom stereocenters. The van der Waals surface area contributed by atoms with Gasteiger partial charge in [-0.15, -0.1) is 0 Å². The van der Waals surface area contributed by atoms with Crippen LogP contribution in [0.25, 0.3) is 0 Å². The number of fused-ring (bicyclic) bond motifs is 1. The van der Waals surface area contributed by atoms with Crippen molar-refractivity contribution in [3.8, 4) is 17.2 Å². The second kappa shape index (κ2) is 4.27. The Hall–Kier alpha value is -0.980. The summed E-state index contributed by atoms with van der Waals surface area (Å²) in [5.74, 6) is -1.05. The molecule has 3 N–H and O–H groups in total. The molecule has 0 saturated carbocycles. The molecular formula is C16H21IO4. The number of phenols is 3. The van der Waals surface area contributed by atoms with Gasteiger partial charge in [-0.05, 0) is 16.2 Å². The Morgan fingerprint density at radius 3 is 1.57 bits per heavy atom. The van der Waals surface area contributed by atoms with Crippen molar-refractivity contribution in [3.05, 3.63) is 16.7 Å². The van der Waals surface area contributed by atoms with E-state index in [0.29, 0.717) is 11.1 Å². The number of carbonyl (C=O) groups excluding carboxylic acids is 1. The van der Waals surface area contributed by atoms with Crippen LogP contribution in [0.4, 0.5) is 0 Å². The summed E-state index contributed by atoms with van der Waals surface area (Å²) in [4.78, 5) is 11.7. The van der Waals surface area contributed by atoms with Gasteiger partial charge in [0, 0.05) is 33.7 Å². The molecular weight excluding hydrogens is 383 g/mol. The quantitative estimate of drug-likeness (QED) is 0.287. The zero-order valence-corrected chi connectivity index (χ0v) is 15.3. The number of benzene rings is 1. The standard InChI is InChI=1S/C16H21IO4/c1-14(2)8-9(15(3,4)16(14,5)6)12(20)11(19)7(10(8)18)13(17)21/h18-20H,1-6H3. The first-order valence-electron chi connectivity index (χ1n) is 6.81. The third-order valence-electron chi connectivity index (χ3n) is 5.99. The summed E-state index contributed by atoms with van der Waals surface area (Å²) < 4.78 is -0.501. The first-order chi connectivity index (χ1) is 9.30. The molecule has 5 heteroatoms. The average molecular weight is 404 g/mol. The van der Waals surface area contributed by atoms with E-state index < -0.39 is 20.4 Å². The molecule has 2 rings (SSSR count). The maximum Gasteiger partial charge on any atom is 0.230 e. The largest absolute Gasteiger partial charge is 0.507 e. The Kier molecular flexibility index (Phi) is 3.34. The van der Waals surface area contributed by atoms with Crippen molar-refractivity contribution < 1.29 is 20.1 Å². The minimum Gasteiger partial charge on any atom is -0.507 e. The van der Waals surface area contributed by atoms with Gasteiger partial charge in [0.15, 0.2) is 11.5 Å². The Morgan fingerprint density at radius 2 is 1.19 bits per heavy atom. The number of hydrogen-bond acceptors (Lipinski definition) is 4. The Bertz CT molecular complexity index is 657. The molecule has 1 aromatic carbocycles. The highest BCUT2D eigenvalue weighted by molar-refractivity contribution is 14.1. The van der Waals surface area contributed by atoms with E-state index in [1.807, 2.05) is 27.7 Å². The van der Waals surface area contributed by atoms with Gasteiger partial charge in [-0.2, -0.15) is 0 Å². The van der Waals surface area contributed by atoms with Crippen molar-refractivity contribution in [2.24, 2.45) is 5.41 Å². The van der Waals surface area contributed by atoms with Crippen molar-refractivity contribution in [1.82, 2.24) is 0 Å². The highest BCUT2D eigenvalue weighted by Gasteiger charge is 2.60. The molecule has 1 aliphatic rings. The molecule has 1 aliphatic carbocycles. The number of halogens is 1. The molecule has 0 heterocycles. The van der Waals surface area contributed by atoms with E-state index in [-0.39, 0.29) is 22.5 Å². The summed E-state index contributed by atoms with van der Waals surface area (Å²) in [5.41, 5.74) is -0.383. The van der Waals surface area contributed by atoms with E-state index in [1.165, 1.54) is 22.6 Å². The van der Waals surface area contributed by atoms with Gasteiger partial charge in [-0.25, -0.2) is 0 Å². The molecule has 21 heavy (non-hydrogen) atoms. The van der Waals surface area contributed by atoms with Crippen LogP contribution in [0.1, 0.15) is 63.0 Å². The third kappa shape index (κ3) is 1.69. The fraction of sp³-hybridized carbons (Fsp3) is 0.562. The molecule has 116 valence electrons. The SMILES string of the molecule is CC1(C)c2c(O)c(O)c(C(=O)I)c(O)c2C(C)(C)C1(C)C. The second-order valence-electron chi connectivity index (χ2n) is 7.32. The first-order valence-corrected chi connectivity index (χ1v) is 7.89. The lowest BCUT2D eigenvalue weighted by Gasteiger charge is -2.44. The highest BCUT2D eigenvalue weighted by Crippen LogP contribution is 2.67. The third-order valence-corrected chi connectivity index (χ3v) is 6.53. The fourth-order valence-electron chi connectivity index (χ4n) is 3.52. The molecule has 0 saturated heterocycles. The number of hydrogen-bond donors (Lipinski definition) is 3. The minimum absolute atomic E-state index is 0.214. The summed E-state index contributed by atoms with van der Waals surface area (Å²) in [6, 6.07) is 0. The van der Waals surface area contributed by atoms with E-state index in [2.05, 4.69) is 13.8 Å². The lowest BCUT2D eigenvalue weighted by molar-refractivity contribution is 0.110. The Balaban J connectivity index is 3.06. The van der Waals surface area contributed by atoms with Gasteiger partial charge >= 0.3 is 0 Å². The van der Waals surface area contributed by atoms with Gasteiger partial charge in [0.25, 0.3) is 0 Å². The van der Waals surface area contributed by atoms with Crippen LogP contribution in [0.5, 0.6) is 17.2 Å². The van der Waals surface area contributed by atoms with Crippen LogP contribution in [-0.4, -0.2) is 19.1 Å². The van der Waals surface area contributed by atoms with Gasteiger partial charge in [0.2, 0.25) is 3.79 Å². The predicted molar refractivity (Wildman–Crippen MR) is 89.6 cm³/mol. The van der Waals surface area contributed by atoms with E-state index >= 15 is 0 Å². The van der Waals surface area contributed by atoms with Gasteiger partial charge in [-0.3, -0.25) is 4.79 Å². The van der Waals surface area contributed by atoms with Crippen LogP contribution in [0.15, 0.2) is 0 Å².